The van der Waals surface area contributed by atoms with Crippen LogP contribution in [0.25, 0.3) is 22.5 Å². The zero-order chi connectivity index (χ0) is 16.5. The molecule has 2 heterocycles. The van der Waals surface area contributed by atoms with Crippen molar-refractivity contribution in [1.82, 2.24) is 15.1 Å². The molecule has 5 nitrogen and oxygen atoms in total. The van der Waals surface area contributed by atoms with Gasteiger partial charge in [0.05, 0.1) is 5.25 Å². The Morgan fingerprint density at radius 2 is 1.92 bits per heavy atom. The third-order valence-corrected chi connectivity index (χ3v) is 4.60. The number of thioether (sulfide) groups is 1. The molecule has 0 aliphatic rings. The van der Waals surface area contributed by atoms with Crippen molar-refractivity contribution in [3.8, 4) is 11.4 Å². The van der Waals surface area contributed by atoms with Gasteiger partial charge in [-0.05, 0) is 25.1 Å². The van der Waals surface area contributed by atoms with E-state index in [4.69, 9.17) is 20.5 Å². The van der Waals surface area contributed by atoms with Crippen LogP contribution >= 0.6 is 23.4 Å². The van der Waals surface area contributed by atoms with E-state index >= 15 is 0 Å². The Labute approximate surface area is 147 Å². The fourth-order valence-corrected chi connectivity index (χ4v) is 3.19. The van der Waals surface area contributed by atoms with Crippen molar-refractivity contribution in [2.24, 2.45) is 0 Å². The van der Waals surface area contributed by atoms with Crippen LogP contribution in [0, 0.1) is 0 Å². The molecule has 0 fully saturated rings. The van der Waals surface area contributed by atoms with Crippen LogP contribution in [0.2, 0.25) is 5.02 Å². The summed E-state index contributed by atoms with van der Waals surface area (Å²) in [5.41, 5.74) is 2.35. The molecule has 0 aliphatic carbocycles. The van der Waals surface area contributed by atoms with E-state index in [2.05, 4.69) is 15.1 Å². The molecule has 0 bridgehead atoms. The minimum atomic E-state index is -0.0847. The summed E-state index contributed by atoms with van der Waals surface area (Å²) in [6, 6.07) is 15.1. The molecule has 2 aromatic heterocycles. The largest absolute Gasteiger partial charge is 0.431 e. The van der Waals surface area contributed by atoms with Crippen LogP contribution in [-0.4, -0.2) is 15.1 Å². The topological polar surface area (TPSA) is 65.0 Å². The molecular formula is C17H12ClN3O2S. The summed E-state index contributed by atoms with van der Waals surface area (Å²) in [5.74, 6) is 1.10. The van der Waals surface area contributed by atoms with Gasteiger partial charge >= 0.3 is 0 Å². The Hall–Kier alpha value is -2.31. The fourth-order valence-electron chi connectivity index (χ4n) is 2.24. The van der Waals surface area contributed by atoms with Crippen LogP contribution in [0.15, 0.2) is 62.7 Å². The number of hydrogen-bond acceptors (Lipinski definition) is 6. The van der Waals surface area contributed by atoms with Crippen molar-refractivity contribution in [1.29, 1.82) is 0 Å². The van der Waals surface area contributed by atoms with Gasteiger partial charge in [-0.15, -0.1) is 0 Å². The minimum Gasteiger partial charge on any atom is -0.431 e. The quantitative estimate of drug-likeness (QED) is 0.456. The molecular weight excluding hydrogens is 346 g/mol. The van der Waals surface area contributed by atoms with Crippen LogP contribution in [0.5, 0.6) is 0 Å². The summed E-state index contributed by atoms with van der Waals surface area (Å²) in [7, 11) is 0. The van der Waals surface area contributed by atoms with E-state index in [1.54, 1.807) is 18.2 Å². The van der Waals surface area contributed by atoms with Crippen LogP contribution in [0.4, 0.5) is 0 Å². The van der Waals surface area contributed by atoms with Crippen molar-refractivity contribution in [2.45, 2.75) is 17.4 Å². The van der Waals surface area contributed by atoms with E-state index in [0.29, 0.717) is 27.5 Å². The van der Waals surface area contributed by atoms with E-state index in [1.165, 1.54) is 11.8 Å². The Balaban J connectivity index is 1.55. The SMILES string of the molecule is CC(Sc1nc2cc(Cl)ccc2o1)c1nc(-c2ccccc2)no1. The highest BCUT2D eigenvalue weighted by molar-refractivity contribution is 7.99. The average molecular weight is 358 g/mol. The molecule has 1 unspecified atom stereocenters. The number of benzene rings is 2. The molecule has 24 heavy (non-hydrogen) atoms. The Morgan fingerprint density at radius 3 is 2.75 bits per heavy atom. The first-order valence-electron chi connectivity index (χ1n) is 7.31. The van der Waals surface area contributed by atoms with Gasteiger partial charge in [0, 0.05) is 10.6 Å². The zero-order valence-electron chi connectivity index (χ0n) is 12.6. The summed E-state index contributed by atoms with van der Waals surface area (Å²) < 4.78 is 11.1. The lowest BCUT2D eigenvalue weighted by molar-refractivity contribution is 0.380. The third-order valence-electron chi connectivity index (χ3n) is 3.43. The molecule has 120 valence electrons. The highest BCUT2D eigenvalue weighted by Gasteiger charge is 2.19. The molecule has 0 saturated heterocycles. The summed E-state index contributed by atoms with van der Waals surface area (Å²) in [6.45, 7) is 1.97. The van der Waals surface area contributed by atoms with E-state index in [1.807, 2.05) is 37.3 Å². The van der Waals surface area contributed by atoms with Gasteiger partial charge < -0.3 is 8.94 Å². The maximum absolute atomic E-state index is 5.97. The maximum atomic E-state index is 5.97. The van der Waals surface area contributed by atoms with Crippen molar-refractivity contribution in [3.05, 3.63) is 59.4 Å². The molecule has 0 saturated carbocycles. The van der Waals surface area contributed by atoms with Crippen LogP contribution < -0.4 is 0 Å². The number of nitrogens with zero attached hydrogens (tertiary/aromatic N) is 3. The highest BCUT2D eigenvalue weighted by atomic mass is 35.5. The van der Waals surface area contributed by atoms with E-state index in [0.717, 1.165) is 11.1 Å². The van der Waals surface area contributed by atoms with Gasteiger partial charge in [-0.25, -0.2) is 4.98 Å². The van der Waals surface area contributed by atoms with Crippen LogP contribution in [-0.2, 0) is 0 Å². The van der Waals surface area contributed by atoms with Crippen molar-refractivity contribution in [2.75, 3.05) is 0 Å². The van der Waals surface area contributed by atoms with Gasteiger partial charge in [0.25, 0.3) is 5.22 Å². The summed E-state index contributed by atoms with van der Waals surface area (Å²) >= 11 is 7.39. The lowest BCUT2D eigenvalue weighted by atomic mass is 10.2. The van der Waals surface area contributed by atoms with Gasteiger partial charge in [0.1, 0.15) is 5.52 Å². The normalized spacial score (nSPS) is 12.6. The van der Waals surface area contributed by atoms with Crippen molar-refractivity contribution >= 4 is 34.5 Å². The van der Waals surface area contributed by atoms with Gasteiger partial charge in [-0.2, -0.15) is 4.98 Å². The summed E-state index contributed by atoms with van der Waals surface area (Å²) in [6.07, 6.45) is 0. The highest BCUT2D eigenvalue weighted by Crippen LogP contribution is 2.36. The number of fused-ring (bicyclic) bond motifs is 1. The molecule has 4 rings (SSSR count). The monoisotopic (exact) mass is 357 g/mol. The second-order valence-corrected chi connectivity index (χ2v) is 6.90. The third kappa shape index (κ3) is 3.02. The number of hydrogen-bond donors (Lipinski definition) is 0. The smallest absolute Gasteiger partial charge is 0.257 e. The standard InChI is InChI=1S/C17H12ClN3O2S/c1-10(16-20-15(21-23-16)11-5-3-2-4-6-11)24-17-19-13-9-12(18)7-8-14(13)22-17/h2-10H,1H3. The molecule has 0 N–H and O–H groups in total. The summed E-state index contributed by atoms with van der Waals surface area (Å²) in [4.78, 5) is 8.88. The Bertz CT molecular complexity index is 984. The Morgan fingerprint density at radius 1 is 1.08 bits per heavy atom. The maximum Gasteiger partial charge on any atom is 0.257 e. The molecule has 4 aromatic rings. The van der Waals surface area contributed by atoms with E-state index < -0.39 is 0 Å². The molecule has 0 radical (unpaired) electrons. The van der Waals surface area contributed by atoms with Crippen LogP contribution in [0.1, 0.15) is 18.1 Å². The van der Waals surface area contributed by atoms with Gasteiger partial charge in [0.2, 0.25) is 11.7 Å². The van der Waals surface area contributed by atoms with Gasteiger partial charge in [-0.3, -0.25) is 0 Å². The predicted molar refractivity (Wildman–Crippen MR) is 93.0 cm³/mol. The summed E-state index contributed by atoms with van der Waals surface area (Å²) in [5, 5.41) is 5.12. The lowest BCUT2D eigenvalue weighted by Crippen LogP contribution is -1.89. The van der Waals surface area contributed by atoms with Gasteiger partial charge in [-0.1, -0.05) is 58.9 Å². The molecule has 1 atom stereocenters. The Kier molecular flexibility index (Phi) is 4.00. The number of halogens is 1. The van der Waals surface area contributed by atoms with E-state index in [9.17, 15) is 0 Å². The first-order valence-corrected chi connectivity index (χ1v) is 8.56. The van der Waals surface area contributed by atoms with Crippen molar-refractivity contribution in [3.63, 3.8) is 0 Å². The number of oxazole rings is 1. The minimum absolute atomic E-state index is 0.0847. The zero-order valence-corrected chi connectivity index (χ0v) is 14.2. The predicted octanol–water partition coefficient (Wildman–Crippen LogP) is 5.38. The fraction of sp³-hybridized carbons (Fsp3) is 0.118. The lowest BCUT2D eigenvalue weighted by Gasteiger charge is -2.01. The average Bonchev–Trinajstić information content (AvgIpc) is 3.22. The first kappa shape index (κ1) is 15.2. The van der Waals surface area contributed by atoms with Crippen molar-refractivity contribution < 1.29 is 8.94 Å². The molecule has 7 heteroatoms. The number of rotatable bonds is 4. The molecule has 0 aliphatic heterocycles. The number of aromatic nitrogens is 3. The molecule has 0 spiro atoms. The van der Waals surface area contributed by atoms with E-state index in [-0.39, 0.29) is 5.25 Å². The first-order chi connectivity index (χ1) is 11.7. The second kappa shape index (κ2) is 6.30. The van der Waals surface area contributed by atoms with Gasteiger partial charge in [0.15, 0.2) is 5.58 Å². The molecule has 0 amide bonds. The van der Waals surface area contributed by atoms with Crippen LogP contribution in [0.3, 0.4) is 0 Å². The molecule has 2 aromatic carbocycles. The second-order valence-electron chi connectivity index (χ2n) is 5.17.